The maximum absolute atomic E-state index is 11.1. The van der Waals surface area contributed by atoms with Gasteiger partial charge in [-0.1, -0.05) is 30.0 Å². The van der Waals surface area contributed by atoms with Crippen LogP contribution < -0.4 is 10.1 Å². The van der Waals surface area contributed by atoms with Gasteiger partial charge in [0.25, 0.3) is 5.24 Å². The van der Waals surface area contributed by atoms with Crippen molar-refractivity contribution in [2.75, 3.05) is 6.54 Å². The van der Waals surface area contributed by atoms with Crippen LogP contribution in [0.3, 0.4) is 0 Å². The summed E-state index contributed by atoms with van der Waals surface area (Å²) < 4.78 is 5.10. The van der Waals surface area contributed by atoms with E-state index in [1.807, 2.05) is 12.1 Å². The van der Waals surface area contributed by atoms with Gasteiger partial charge in [0.2, 0.25) is 0 Å². The Morgan fingerprint density at radius 2 is 2.25 bits per heavy atom. The molecule has 0 aromatic heterocycles. The zero-order chi connectivity index (χ0) is 11.5. The zero-order valence-electron chi connectivity index (χ0n) is 8.73. The number of benzene rings is 1. The predicted molar refractivity (Wildman–Crippen MR) is 61.5 cm³/mol. The van der Waals surface area contributed by atoms with Gasteiger partial charge in [0.1, 0.15) is 5.75 Å². The van der Waals surface area contributed by atoms with Crippen LogP contribution in [0.25, 0.3) is 0 Å². The normalized spacial score (nSPS) is 19.3. The summed E-state index contributed by atoms with van der Waals surface area (Å²) in [5.41, 5.74) is 0.876. The van der Waals surface area contributed by atoms with E-state index in [1.165, 1.54) is 18.7 Å². The molecule has 4 nitrogen and oxygen atoms in total. The van der Waals surface area contributed by atoms with Gasteiger partial charge in [0, 0.05) is 19.0 Å². The molecule has 1 aliphatic rings. The third kappa shape index (κ3) is 2.36. The van der Waals surface area contributed by atoms with Gasteiger partial charge in [0.05, 0.1) is 5.25 Å². The molecule has 5 heteroatoms. The van der Waals surface area contributed by atoms with Gasteiger partial charge in [-0.2, -0.15) is 0 Å². The van der Waals surface area contributed by atoms with Gasteiger partial charge in [-0.25, -0.2) is 0 Å². The predicted octanol–water partition coefficient (Wildman–Crippen LogP) is 2.11. The number of thioether (sulfide) groups is 1. The largest absolute Gasteiger partial charge is 0.426 e. The monoisotopic (exact) mass is 237 g/mol. The molecule has 1 amide bonds. The third-order valence-electron chi connectivity index (χ3n) is 2.20. The molecule has 1 aromatic carbocycles. The van der Waals surface area contributed by atoms with Gasteiger partial charge < -0.3 is 10.1 Å². The minimum Gasteiger partial charge on any atom is -0.426 e. The highest BCUT2D eigenvalue weighted by molar-refractivity contribution is 8.14. The molecule has 16 heavy (non-hydrogen) atoms. The Labute approximate surface area is 97.4 Å². The molecule has 1 unspecified atom stereocenters. The lowest BCUT2D eigenvalue weighted by Gasteiger charge is -2.11. The summed E-state index contributed by atoms with van der Waals surface area (Å²) >= 11 is 1.22. The zero-order valence-corrected chi connectivity index (χ0v) is 9.54. The van der Waals surface area contributed by atoms with Crippen molar-refractivity contribution in [2.45, 2.75) is 12.2 Å². The second-order valence-corrected chi connectivity index (χ2v) is 4.58. The van der Waals surface area contributed by atoms with Crippen LogP contribution in [0.1, 0.15) is 17.7 Å². The molecule has 1 aliphatic heterocycles. The van der Waals surface area contributed by atoms with Gasteiger partial charge in [-0.05, 0) is 6.07 Å². The van der Waals surface area contributed by atoms with Crippen molar-refractivity contribution in [1.82, 2.24) is 5.32 Å². The number of amides is 1. The molecule has 0 spiro atoms. The van der Waals surface area contributed by atoms with Crippen molar-refractivity contribution in [1.29, 1.82) is 0 Å². The molecule has 0 radical (unpaired) electrons. The van der Waals surface area contributed by atoms with E-state index in [4.69, 9.17) is 4.74 Å². The van der Waals surface area contributed by atoms with Crippen LogP contribution in [0.15, 0.2) is 24.3 Å². The van der Waals surface area contributed by atoms with Crippen molar-refractivity contribution < 1.29 is 14.3 Å². The average Bonchev–Trinajstić information content (AvgIpc) is 2.65. The number of hydrogen-bond donors (Lipinski definition) is 1. The second kappa shape index (κ2) is 4.57. The highest BCUT2D eigenvalue weighted by Gasteiger charge is 2.26. The summed E-state index contributed by atoms with van der Waals surface area (Å²) in [5, 5.41) is 2.71. The topological polar surface area (TPSA) is 55.4 Å². The molecular weight excluding hydrogens is 226 g/mol. The Kier molecular flexibility index (Phi) is 3.14. The number of nitrogens with one attached hydrogen (secondary N) is 1. The minimum atomic E-state index is -0.352. The summed E-state index contributed by atoms with van der Waals surface area (Å²) in [6, 6.07) is 7.28. The number of carbonyl (C=O) groups is 2. The summed E-state index contributed by atoms with van der Waals surface area (Å²) in [5.74, 6) is 0.179. The molecule has 1 fully saturated rings. The third-order valence-corrected chi connectivity index (χ3v) is 3.26. The van der Waals surface area contributed by atoms with E-state index in [0.717, 1.165) is 5.56 Å². The Hall–Kier alpha value is -1.49. The molecule has 0 bridgehead atoms. The Balaban J connectivity index is 2.25. The Bertz CT molecular complexity index is 433. The van der Waals surface area contributed by atoms with E-state index in [0.29, 0.717) is 12.3 Å². The molecule has 1 heterocycles. The van der Waals surface area contributed by atoms with Crippen LogP contribution in [0.4, 0.5) is 4.79 Å². The van der Waals surface area contributed by atoms with Gasteiger partial charge >= 0.3 is 5.97 Å². The molecule has 2 rings (SSSR count). The molecular formula is C11H11NO3S. The van der Waals surface area contributed by atoms with Crippen LogP contribution in [-0.2, 0) is 4.79 Å². The van der Waals surface area contributed by atoms with Crippen molar-refractivity contribution in [3.8, 4) is 5.75 Å². The number of para-hydroxylation sites is 1. The van der Waals surface area contributed by atoms with Crippen molar-refractivity contribution in [2.24, 2.45) is 0 Å². The molecule has 84 valence electrons. The van der Waals surface area contributed by atoms with Crippen molar-refractivity contribution >= 4 is 23.0 Å². The number of hydrogen-bond acceptors (Lipinski definition) is 4. The summed E-state index contributed by atoms with van der Waals surface area (Å²) in [4.78, 5) is 22.0. The Morgan fingerprint density at radius 3 is 2.88 bits per heavy atom. The van der Waals surface area contributed by atoms with Crippen LogP contribution in [0.5, 0.6) is 5.75 Å². The van der Waals surface area contributed by atoms with Gasteiger partial charge in [-0.3, -0.25) is 9.59 Å². The Morgan fingerprint density at radius 1 is 1.50 bits per heavy atom. The lowest BCUT2D eigenvalue weighted by molar-refractivity contribution is -0.131. The van der Waals surface area contributed by atoms with Crippen LogP contribution >= 0.6 is 11.8 Å². The average molecular weight is 237 g/mol. The second-order valence-electron chi connectivity index (χ2n) is 3.41. The molecule has 0 aliphatic carbocycles. The molecule has 1 saturated heterocycles. The van der Waals surface area contributed by atoms with E-state index in [9.17, 15) is 9.59 Å². The smallest absolute Gasteiger partial charge is 0.308 e. The van der Waals surface area contributed by atoms with Crippen molar-refractivity contribution in [3.63, 3.8) is 0 Å². The van der Waals surface area contributed by atoms with E-state index >= 15 is 0 Å². The number of carbonyl (C=O) groups excluding carboxylic acids is 2. The first-order valence-corrected chi connectivity index (χ1v) is 5.76. The van der Waals surface area contributed by atoms with Gasteiger partial charge in [-0.15, -0.1) is 0 Å². The van der Waals surface area contributed by atoms with E-state index in [-0.39, 0.29) is 16.5 Å². The first-order chi connectivity index (χ1) is 7.66. The fraction of sp³-hybridized carbons (Fsp3) is 0.273. The SMILES string of the molecule is CC(=O)Oc1ccccc1C1CNC(=O)S1. The molecule has 1 aromatic rings. The standard InChI is InChI=1S/C11H11NO3S/c1-7(13)15-9-5-3-2-4-8(9)10-6-12-11(14)16-10/h2-5,10H,6H2,1H3,(H,12,14). The van der Waals surface area contributed by atoms with Crippen LogP contribution in [-0.4, -0.2) is 17.8 Å². The summed E-state index contributed by atoms with van der Waals surface area (Å²) in [7, 11) is 0. The number of esters is 1. The van der Waals surface area contributed by atoms with Crippen LogP contribution in [0, 0.1) is 0 Å². The summed E-state index contributed by atoms with van der Waals surface area (Å²) in [6.45, 7) is 1.93. The first-order valence-electron chi connectivity index (χ1n) is 4.88. The van der Waals surface area contributed by atoms with E-state index in [2.05, 4.69) is 5.32 Å². The number of rotatable bonds is 2. The van der Waals surface area contributed by atoms with Gasteiger partial charge in [0.15, 0.2) is 0 Å². The fourth-order valence-corrected chi connectivity index (χ4v) is 2.47. The maximum Gasteiger partial charge on any atom is 0.308 e. The minimum absolute atomic E-state index is 0.0167. The molecule has 1 N–H and O–H groups in total. The fourth-order valence-electron chi connectivity index (χ4n) is 1.56. The lowest BCUT2D eigenvalue weighted by atomic mass is 10.1. The quantitative estimate of drug-likeness (QED) is 0.632. The maximum atomic E-state index is 11.1. The summed E-state index contributed by atoms with van der Waals surface area (Å²) in [6.07, 6.45) is 0. The highest BCUT2D eigenvalue weighted by Crippen LogP contribution is 2.37. The van der Waals surface area contributed by atoms with E-state index in [1.54, 1.807) is 12.1 Å². The van der Waals surface area contributed by atoms with Crippen LogP contribution in [0.2, 0.25) is 0 Å². The highest BCUT2D eigenvalue weighted by atomic mass is 32.2. The van der Waals surface area contributed by atoms with Crippen molar-refractivity contribution in [3.05, 3.63) is 29.8 Å². The first kappa shape index (κ1) is 11.0. The number of ether oxygens (including phenoxy) is 1. The lowest BCUT2D eigenvalue weighted by Crippen LogP contribution is -2.12. The van der Waals surface area contributed by atoms with E-state index < -0.39 is 0 Å². The molecule has 1 atom stereocenters. The molecule has 0 saturated carbocycles.